The molecule has 24 heavy (non-hydrogen) atoms. The van der Waals surface area contributed by atoms with E-state index < -0.39 is 0 Å². The van der Waals surface area contributed by atoms with E-state index in [9.17, 15) is 5.26 Å². The number of ether oxygens (including phenoxy) is 2. The summed E-state index contributed by atoms with van der Waals surface area (Å²) in [4.78, 5) is 7.95. The zero-order chi connectivity index (χ0) is 17.7. The lowest BCUT2D eigenvalue weighted by Crippen LogP contribution is -2.05. The Balaban J connectivity index is 2.64. The molecule has 0 saturated heterocycles. The van der Waals surface area contributed by atoms with Gasteiger partial charge >= 0.3 is 0 Å². The fourth-order valence-corrected chi connectivity index (χ4v) is 2.62. The molecule has 7 nitrogen and oxygen atoms in total. The van der Waals surface area contributed by atoms with E-state index in [1.165, 1.54) is 0 Å². The Kier molecular flexibility index (Phi) is 5.60. The van der Waals surface area contributed by atoms with Gasteiger partial charge in [0.2, 0.25) is 5.95 Å². The van der Waals surface area contributed by atoms with Crippen molar-refractivity contribution < 1.29 is 9.47 Å². The first-order chi connectivity index (χ1) is 11.5. The van der Waals surface area contributed by atoms with Crippen LogP contribution in [0.2, 0.25) is 0 Å². The standard InChI is InChI=1S/C16H16BrN5O2/c1-3-5-24-14-11(17)6-9(7-12(14)23-4-2)13-10(8-18)15(19)22-16(20)21-13/h3,6-7H,1,4-5H2,2H3,(H4,19,20,21,22). The van der Waals surface area contributed by atoms with Crippen LogP contribution in [0, 0.1) is 11.3 Å². The van der Waals surface area contributed by atoms with Crippen LogP contribution in [0.3, 0.4) is 0 Å². The molecule has 0 aliphatic heterocycles. The average Bonchev–Trinajstić information content (AvgIpc) is 2.53. The molecule has 124 valence electrons. The first-order valence-electron chi connectivity index (χ1n) is 7.05. The van der Waals surface area contributed by atoms with Crippen LogP contribution >= 0.6 is 15.9 Å². The molecule has 0 aliphatic carbocycles. The molecule has 1 aromatic heterocycles. The lowest BCUT2D eigenvalue weighted by atomic mass is 10.1. The molecule has 0 amide bonds. The van der Waals surface area contributed by atoms with Crippen LogP contribution in [0.25, 0.3) is 11.3 Å². The molecule has 0 aliphatic rings. The van der Waals surface area contributed by atoms with Crippen LogP contribution in [-0.2, 0) is 0 Å². The fourth-order valence-electron chi connectivity index (χ4n) is 2.07. The van der Waals surface area contributed by atoms with Crippen molar-refractivity contribution in [2.45, 2.75) is 6.92 Å². The Morgan fingerprint density at radius 2 is 2.08 bits per heavy atom. The second kappa shape index (κ2) is 7.66. The second-order valence-electron chi connectivity index (χ2n) is 4.62. The molecule has 1 aromatic carbocycles. The van der Waals surface area contributed by atoms with Gasteiger partial charge in [-0.3, -0.25) is 0 Å². The number of nitrogens with zero attached hydrogens (tertiary/aromatic N) is 3. The molecule has 2 rings (SSSR count). The van der Waals surface area contributed by atoms with Crippen LogP contribution in [0.15, 0.2) is 29.3 Å². The van der Waals surface area contributed by atoms with E-state index in [0.717, 1.165) is 0 Å². The largest absolute Gasteiger partial charge is 0.490 e. The third kappa shape index (κ3) is 3.58. The number of rotatable bonds is 6. The number of aromatic nitrogens is 2. The van der Waals surface area contributed by atoms with Gasteiger partial charge in [0.25, 0.3) is 0 Å². The number of anilines is 2. The van der Waals surface area contributed by atoms with Gasteiger partial charge in [-0.2, -0.15) is 10.2 Å². The van der Waals surface area contributed by atoms with E-state index in [0.29, 0.717) is 40.4 Å². The topological polar surface area (TPSA) is 120 Å². The Hall–Kier alpha value is -2.79. The Bertz CT molecular complexity index is 817. The molecule has 4 N–H and O–H groups in total. The molecule has 0 spiro atoms. The lowest BCUT2D eigenvalue weighted by Gasteiger charge is -2.15. The van der Waals surface area contributed by atoms with Gasteiger partial charge in [0.1, 0.15) is 24.1 Å². The molecule has 0 saturated carbocycles. The van der Waals surface area contributed by atoms with Gasteiger partial charge in [-0.15, -0.1) is 0 Å². The zero-order valence-corrected chi connectivity index (χ0v) is 14.6. The van der Waals surface area contributed by atoms with E-state index in [1.54, 1.807) is 18.2 Å². The third-order valence-corrected chi connectivity index (χ3v) is 3.58. The third-order valence-electron chi connectivity index (χ3n) is 2.99. The molecule has 0 atom stereocenters. The highest BCUT2D eigenvalue weighted by Gasteiger charge is 2.18. The summed E-state index contributed by atoms with van der Waals surface area (Å²) in [5.41, 5.74) is 12.5. The summed E-state index contributed by atoms with van der Waals surface area (Å²) >= 11 is 3.45. The smallest absolute Gasteiger partial charge is 0.222 e. The number of nitrogen functional groups attached to an aromatic ring is 2. The molecule has 0 radical (unpaired) electrons. The van der Waals surface area contributed by atoms with Crippen molar-refractivity contribution in [3.8, 4) is 28.8 Å². The summed E-state index contributed by atoms with van der Waals surface area (Å²) in [6.45, 7) is 6.26. The number of nitriles is 1. The SMILES string of the molecule is C=CCOc1c(Br)cc(-c2nc(N)nc(N)c2C#N)cc1OCC. The Morgan fingerprint density at radius 1 is 1.33 bits per heavy atom. The van der Waals surface area contributed by atoms with Crippen LogP contribution < -0.4 is 20.9 Å². The van der Waals surface area contributed by atoms with E-state index in [1.807, 2.05) is 13.0 Å². The van der Waals surface area contributed by atoms with Gasteiger partial charge in [-0.05, 0) is 35.0 Å². The molecule has 0 unspecified atom stereocenters. The average molecular weight is 390 g/mol. The summed E-state index contributed by atoms with van der Waals surface area (Å²) in [7, 11) is 0. The van der Waals surface area contributed by atoms with Gasteiger partial charge in [-0.1, -0.05) is 12.7 Å². The number of nitrogens with two attached hydrogens (primary N) is 2. The van der Waals surface area contributed by atoms with Crippen molar-refractivity contribution in [3.63, 3.8) is 0 Å². The number of benzene rings is 1. The first-order valence-corrected chi connectivity index (χ1v) is 7.84. The minimum absolute atomic E-state index is 0.0115. The molecule has 0 bridgehead atoms. The maximum atomic E-state index is 9.33. The summed E-state index contributed by atoms with van der Waals surface area (Å²) in [5.74, 6) is 1.06. The molecule has 2 aromatic rings. The number of halogens is 1. The second-order valence-corrected chi connectivity index (χ2v) is 5.47. The quantitative estimate of drug-likeness (QED) is 0.728. The summed E-state index contributed by atoms with van der Waals surface area (Å²) in [6.07, 6.45) is 1.63. The fraction of sp³-hybridized carbons (Fsp3) is 0.188. The predicted molar refractivity (Wildman–Crippen MR) is 95.6 cm³/mol. The maximum Gasteiger partial charge on any atom is 0.222 e. The number of hydrogen-bond acceptors (Lipinski definition) is 7. The number of hydrogen-bond donors (Lipinski definition) is 2. The van der Waals surface area contributed by atoms with E-state index >= 15 is 0 Å². The predicted octanol–water partition coefficient (Wildman–Crippen LogP) is 2.91. The van der Waals surface area contributed by atoms with Crippen molar-refractivity contribution in [1.29, 1.82) is 5.26 Å². The van der Waals surface area contributed by atoms with Crippen molar-refractivity contribution in [2.24, 2.45) is 0 Å². The highest BCUT2D eigenvalue weighted by molar-refractivity contribution is 9.10. The van der Waals surface area contributed by atoms with Crippen LogP contribution in [0.1, 0.15) is 12.5 Å². The van der Waals surface area contributed by atoms with Gasteiger partial charge in [0.05, 0.1) is 16.8 Å². The molecular weight excluding hydrogens is 374 g/mol. The van der Waals surface area contributed by atoms with Crippen molar-refractivity contribution in [2.75, 3.05) is 24.7 Å². The van der Waals surface area contributed by atoms with Crippen LogP contribution in [-0.4, -0.2) is 23.2 Å². The van der Waals surface area contributed by atoms with Gasteiger partial charge < -0.3 is 20.9 Å². The van der Waals surface area contributed by atoms with E-state index in [4.69, 9.17) is 20.9 Å². The van der Waals surface area contributed by atoms with Gasteiger partial charge in [0.15, 0.2) is 11.5 Å². The lowest BCUT2D eigenvalue weighted by molar-refractivity contribution is 0.295. The zero-order valence-electron chi connectivity index (χ0n) is 13.0. The summed E-state index contributed by atoms with van der Waals surface area (Å²) in [6, 6.07) is 5.47. The molecule has 0 fully saturated rings. The summed E-state index contributed by atoms with van der Waals surface area (Å²) in [5, 5.41) is 9.33. The normalized spacial score (nSPS) is 10.0. The first kappa shape index (κ1) is 17.6. The van der Waals surface area contributed by atoms with Crippen LogP contribution in [0.4, 0.5) is 11.8 Å². The van der Waals surface area contributed by atoms with E-state index in [-0.39, 0.29) is 17.3 Å². The van der Waals surface area contributed by atoms with Crippen molar-refractivity contribution in [3.05, 3.63) is 34.8 Å². The van der Waals surface area contributed by atoms with Crippen LogP contribution in [0.5, 0.6) is 11.5 Å². The Labute approximate surface area is 148 Å². The molecule has 1 heterocycles. The highest BCUT2D eigenvalue weighted by Crippen LogP contribution is 2.40. The Morgan fingerprint density at radius 3 is 2.71 bits per heavy atom. The monoisotopic (exact) mass is 389 g/mol. The summed E-state index contributed by atoms with van der Waals surface area (Å²) < 4.78 is 11.9. The minimum atomic E-state index is -0.0115. The molecular formula is C16H16BrN5O2. The van der Waals surface area contributed by atoms with Crippen molar-refractivity contribution >= 4 is 27.7 Å². The molecule has 8 heteroatoms. The van der Waals surface area contributed by atoms with E-state index in [2.05, 4.69) is 32.5 Å². The highest BCUT2D eigenvalue weighted by atomic mass is 79.9. The minimum Gasteiger partial charge on any atom is -0.490 e. The van der Waals surface area contributed by atoms with Crippen molar-refractivity contribution in [1.82, 2.24) is 9.97 Å². The maximum absolute atomic E-state index is 9.33. The van der Waals surface area contributed by atoms with Gasteiger partial charge in [0, 0.05) is 5.56 Å². The van der Waals surface area contributed by atoms with Gasteiger partial charge in [-0.25, -0.2) is 4.98 Å².